The number of nitrogens with zero attached hydrogens (tertiary/aromatic N) is 2. The molecule has 1 aliphatic rings. The lowest BCUT2D eigenvalue weighted by Crippen LogP contribution is -2.40. The molecule has 1 aliphatic heterocycles. The van der Waals surface area contributed by atoms with Crippen LogP contribution < -0.4 is 5.73 Å². The molecule has 2 heterocycles. The second-order valence-electron chi connectivity index (χ2n) is 3.79. The Morgan fingerprint density at radius 1 is 1.61 bits per heavy atom. The van der Waals surface area contributed by atoms with E-state index in [1.807, 2.05) is 0 Å². The van der Waals surface area contributed by atoms with Crippen molar-refractivity contribution in [2.45, 2.75) is 11.3 Å². The maximum atomic E-state index is 13.6. The third-order valence-corrected chi connectivity index (χ3v) is 4.69. The van der Waals surface area contributed by atoms with Gasteiger partial charge in [-0.2, -0.15) is 4.39 Å². The fourth-order valence-corrected chi connectivity index (χ4v) is 3.30. The highest BCUT2D eigenvalue weighted by molar-refractivity contribution is 9.10. The summed E-state index contributed by atoms with van der Waals surface area (Å²) in [5, 5.41) is -0.885. The Hall–Kier alpha value is -0.890. The molecule has 8 heteroatoms. The number of aromatic nitrogens is 1. The molecule has 0 spiro atoms. The molecule has 0 fully saturated rings. The van der Waals surface area contributed by atoms with Crippen LogP contribution in [0.5, 0.6) is 0 Å². The Morgan fingerprint density at radius 3 is 2.94 bits per heavy atom. The molecule has 3 atom stereocenters. The van der Waals surface area contributed by atoms with E-state index in [0.717, 1.165) is 0 Å². The predicted octanol–water partition coefficient (Wildman–Crippen LogP) is 1.48. The van der Waals surface area contributed by atoms with Gasteiger partial charge >= 0.3 is 0 Å². The third kappa shape index (κ3) is 2.59. The van der Waals surface area contributed by atoms with E-state index < -0.39 is 34.7 Å². The average Bonchev–Trinajstić information content (AvgIpc) is 2.32. The highest BCUT2D eigenvalue weighted by atomic mass is 79.9. The Bertz CT molecular complexity index is 526. The zero-order chi connectivity index (χ0) is 13.3. The molecular weight excluding hydrogens is 328 g/mol. The molecule has 0 aliphatic carbocycles. The summed E-state index contributed by atoms with van der Waals surface area (Å²) in [6, 6.07) is 0.829. The fraction of sp³-hybridized carbons (Fsp3) is 0.400. The summed E-state index contributed by atoms with van der Waals surface area (Å²) in [4.78, 5) is 7.56. The summed E-state index contributed by atoms with van der Waals surface area (Å²) < 4.78 is 38.5. The number of pyridine rings is 1. The van der Waals surface area contributed by atoms with Crippen LogP contribution in [0.15, 0.2) is 21.7 Å². The standard InChI is InChI=1S/C10H10BrF2N3OS/c11-5-1-6(9(13)15-3-5)7-4-18(17)8(2-12)10(14)16-7/h1,3,7-8H,2,4H2,(H2,14,16). The van der Waals surface area contributed by atoms with Gasteiger partial charge in [-0.3, -0.25) is 9.20 Å². The highest BCUT2D eigenvalue weighted by Gasteiger charge is 2.31. The molecule has 0 saturated heterocycles. The van der Waals surface area contributed by atoms with E-state index in [9.17, 15) is 13.0 Å². The molecule has 1 aromatic heterocycles. The van der Waals surface area contributed by atoms with E-state index in [1.54, 1.807) is 0 Å². The van der Waals surface area contributed by atoms with Crippen molar-refractivity contribution in [3.05, 3.63) is 28.2 Å². The SMILES string of the molecule is NC1=NC(c2cc(Br)cnc2F)CS(=O)C1CF. The van der Waals surface area contributed by atoms with Crippen LogP contribution in [-0.2, 0) is 10.8 Å². The predicted molar refractivity (Wildman–Crippen MR) is 69.0 cm³/mol. The molecule has 0 saturated carbocycles. The van der Waals surface area contributed by atoms with E-state index in [1.165, 1.54) is 12.3 Å². The van der Waals surface area contributed by atoms with E-state index in [0.29, 0.717) is 4.47 Å². The van der Waals surface area contributed by atoms with Gasteiger partial charge in [0.1, 0.15) is 17.8 Å². The number of alkyl halides is 1. The van der Waals surface area contributed by atoms with Crippen LogP contribution in [-0.4, -0.2) is 32.7 Å². The van der Waals surface area contributed by atoms with Crippen LogP contribution >= 0.6 is 15.9 Å². The van der Waals surface area contributed by atoms with E-state index in [-0.39, 0.29) is 17.2 Å². The van der Waals surface area contributed by atoms with E-state index >= 15 is 0 Å². The van der Waals surface area contributed by atoms with Gasteiger partial charge in [-0.05, 0) is 22.0 Å². The second-order valence-corrected chi connectivity index (χ2v) is 6.37. The van der Waals surface area contributed by atoms with Crippen LogP contribution in [0.25, 0.3) is 0 Å². The summed E-state index contributed by atoms with van der Waals surface area (Å²) in [6.45, 7) is -0.826. The minimum atomic E-state index is -1.49. The molecule has 4 nitrogen and oxygen atoms in total. The van der Waals surface area contributed by atoms with Gasteiger partial charge in [0.25, 0.3) is 0 Å². The van der Waals surface area contributed by atoms with Crippen molar-refractivity contribution in [3.8, 4) is 0 Å². The Balaban J connectivity index is 2.38. The van der Waals surface area contributed by atoms with Gasteiger partial charge < -0.3 is 5.73 Å². The second kappa shape index (κ2) is 5.40. The van der Waals surface area contributed by atoms with Gasteiger partial charge in [0, 0.05) is 27.0 Å². The van der Waals surface area contributed by atoms with Gasteiger partial charge in [-0.1, -0.05) is 0 Å². The van der Waals surface area contributed by atoms with Gasteiger partial charge in [-0.15, -0.1) is 0 Å². The van der Waals surface area contributed by atoms with E-state index in [4.69, 9.17) is 5.73 Å². The van der Waals surface area contributed by atoms with Crippen molar-refractivity contribution in [2.24, 2.45) is 10.7 Å². The van der Waals surface area contributed by atoms with Crippen LogP contribution in [0, 0.1) is 5.95 Å². The quantitative estimate of drug-likeness (QED) is 0.831. The first-order chi connectivity index (χ1) is 8.52. The maximum absolute atomic E-state index is 13.6. The molecular formula is C10H10BrF2N3OS. The number of nitrogens with two attached hydrogens (primary N) is 1. The first-order valence-corrected chi connectivity index (χ1v) is 7.27. The number of halogens is 3. The van der Waals surface area contributed by atoms with Crippen molar-refractivity contribution in [2.75, 3.05) is 12.4 Å². The van der Waals surface area contributed by atoms with Crippen LogP contribution in [0.1, 0.15) is 11.6 Å². The lowest BCUT2D eigenvalue weighted by molar-refractivity contribution is 0.502. The molecule has 98 valence electrons. The number of hydrogen-bond donors (Lipinski definition) is 1. The topological polar surface area (TPSA) is 68.3 Å². The molecule has 2 N–H and O–H groups in total. The Kier molecular flexibility index (Phi) is 4.06. The summed E-state index contributed by atoms with van der Waals surface area (Å²) in [5.41, 5.74) is 5.76. The monoisotopic (exact) mass is 337 g/mol. The molecule has 0 amide bonds. The summed E-state index contributed by atoms with van der Waals surface area (Å²) in [5.74, 6) is -0.674. The average molecular weight is 338 g/mol. The first-order valence-electron chi connectivity index (χ1n) is 5.10. The zero-order valence-corrected chi connectivity index (χ0v) is 11.5. The lowest BCUT2D eigenvalue weighted by Gasteiger charge is -2.23. The first kappa shape index (κ1) is 13.5. The molecule has 0 radical (unpaired) electrons. The molecule has 3 unspecified atom stereocenters. The Labute approximate surface area is 113 Å². The molecule has 1 aromatic rings. The normalized spacial score (nSPS) is 27.9. The molecule has 0 bridgehead atoms. The smallest absolute Gasteiger partial charge is 0.218 e. The minimum absolute atomic E-state index is 0.0357. The minimum Gasteiger partial charge on any atom is -0.386 e. The van der Waals surface area contributed by atoms with E-state index in [2.05, 4.69) is 25.9 Å². The van der Waals surface area contributed by atoms with Crippen molar-refractivity contribution in [1.29, 1.82) is 0 Å². The van der Waals surface area contributed by atoms with Gasteiger partial charge in [-0.25, -0.2) is 9.37 Å². The maximum Gasteiger partial charge on any atom is 0.218 e. The van der Waals surface area contributed by atoms with Gasteiger partial charge in [0.15, 0.2) is 0 Å². The van der Waals surface area contributed by atoms with Crippen LogP contribution in [0.3, 0.4) is 0 Å². The largest absolute Gasteiger partial charge is 0.386 e. The number of aliphatic imine (C=N–C) groups is 1. The summed E-state index contributed by atoms with van der Waals surface area (Å²) in [6.07, 6.45) is 1.32. The molecule has 0 aromatic carbocycles. The number of rotatable bonds is 2. The summed E-state index contributed by atoms with van der Waals surface area (Å²) in [7, 11) is -1.49. The molecule has 2 rings (SSSR count). The van der Waals surface area contributed by atoms with Crippen LogP contribution in [0.4, 0.5) is 8.78 Å². The van der Waals surface area contributed by atoms with Crippen molar-refractivity contribution >= 4 is 32.6 Å². The highest BCUT2D eigenvalue weighted by Crippen LogP contribution is 2.27. The number of hydrogen-bond acceptors (Lipinski definition) is 4. The van der Waals surface area contributed by atoms with Gasteiger partial charge in [0.05, 0.1) is 11.8 Å². The molecule has 18 heavy (non-hydrogen) atoms. The third-order valence-electron chi connectivity index (χ3n) is 2.61. The van der Waals surface area contributed by atoms with Crippen molar-refractivity contribution in [1.82, 2.24) is 4.98 Å². The van der Waals surface area contributed by atoms with Gasteiger partial charge in [0.2, 0.25) is 5.95 Å². The fourth-order valence-electron chi connectivity index (χ4n) is 1.69. The lowest BCUT2D eigenvalue weighted by atomic mass is 10.1. The number of amidine groups is 1. The van der Waals surface area contributed by atoms with Crippen molar-refractivity contribution in [3.63, 3.8) is 0 Å². The van der Waals surface area contributed by atoms with Crippen molar-refractivity contribution < 1.29 is 13.0 Å². The van der Waals surface area contributed by atoms with Crippen LogP contribution in [0.2, 0.25) is 0 Å². The summed E-state index contributed by atoms with van der Waals surface area (Å²) >= 11 is 3.17. The zero-order valence-electron chi connectivity index (χ0n) is 9.15. The Morgan fingerprint density at radius 2 is 2.33 bits per heavy atom.